The van der Waals surface area contributed by atoms with Crippen molar-refractivity contribution in [2.75, 3.05) is 27.2 Å². The Kier molecular flexibility index (Phi) is 9.29. The Morgan fingerprint density at radius 1 is 1.14 bits per heavy atom. The SMILES string of the molecule is CCC(=O)CCCCC[C@H](NC(=O)C1=NOC2(CCN(C)CC2)C1)c1ncc(-c2cc3ccc(=O)n(C)c3cc2OC)o1. The number of aromatic nitrogens is 2. The van der Waals surface area contributed by atoms with Crippen molar-refractivity contribution in [1.29, 1.82) is 0 Å². The molecule has 2 aliphatic heterocycles. The highest BCUT2D eigenvalue weighted by atomic mass is 16.7. The number of oxime groups is 1. The van der Waals surface area contributed by atoms with E-state index in [-0.39, 0.29) is 17.2 Å². The number of unbranched alkanes of at least 4 members (excludes halogenated alkanes) is 2. The van der Waals surface area contributed by atoms with Gasteiger partial charge in [-0.3, -0.25) is 14.4 Å². The van der Waals surface area contributed by atoms with E-state index in [2.05, 4.69) is 27.4 Å². The molecule has 3 aromatic rings. The van der Waals surface area contributed by atoms with Gasteiger partial charge in [0.2, 0.25) is 5.89 Å². The van der Waals surface area contributed by atoms with Gasteiger partial charge in [-0.2, -0.15) is 0 Å². The first-order valence-electron chi connectivity index (χ1n) is 15.1. The van der Waals surface area contributed by atoms with E-state index >= 15 is 0 Å². The number of nitrogens with one attached hydrogen (secondary N) is 1. The van der Waals surface area contributed by atoms with Crippen LogP contribution in [-0.2, 0) is 21.5 Å². The first kappa shape index (κ1) is 30.5. The number of pyridine rings is 1. The fourth-order valence-corrected chi connectivity index (χ4v) is 5.80. The maximum absolute atomic E-state index is 13.4. The molecule has 11 nitrogen and oxygen atoms in total. The molecule has 1 atom stereocenters. The number of rotatable bonds is 12. The van der Waals surface area contributed by atoms with Crippen LogP contribution < -0.4 is 15.6 Å². The number of hydrogen-bond donors (Lipinski definition) is 1. The number of benzene rings is 1. The number of fused-ring (bicyclic) bond motifs is 1. The molecule has 0 radical (unpaired) electrons. The molecule has 43 heavy (non-hydrogen) atoms. The highest BCUT2D eigenvalue weighted by Gasteiger charge is 2.43. The lowest BCUT2D eigenvalue weighted by molar-refractivity contribution is -0.119. The summed E-state index contributed by atoms with van der Waals surface area (Å²) in [6, 6.07) is 6.51. The first-order chi connectivity index (χ1) is 20.7. The number of amides is 1. The van der Waals surface area contributed by atoms with Gasteiger partial charge in [0.1, 0.15) is 28.9 Å². The van der Waals surface area contributed by atoms with Crippen LogP contribution in [0.15, 0.2) is 44.8 Å². The van der Waals surface area contributed by atoms with Crippen molar-refractivity contribution < 1.29 is 23.6 Å². The third kappa shape index (κ3) is 6.82. The van der Waals surface area contributed by atoms with Crippen LogP contribution in [0.3, 0.4) is 0 Å². The predicted octanol–water partition coefficient (Wildman–Crippen LogP) is 4.53. The minimum Gasteiger partial charge on any atom is -0.496 e. The molecule has 2 aliphatic rings. The molecule has 1 N–H and O–H groups in total. The van der Waals surface area contributed by atoms with Crippen LogP contribution in [-0.4, -0.2) is 64.7 Å². The number of carbonyl (C=O) groups excluding carboxylic acids is 2. The summed E-state index contributed by atoms with van der Waals surface area (Å²) in [5.74, 6) is 1.38. The Bertz CT molecular complexity index is 1570. The Hall–Kier alpha value is -3.99. The van der Waals surface area contributed by atoms with E-state index in [4.69, 9.17) is 14.0 Å². The van der Waals surface area contributed by atoms with Crippen LogP contribution in [0.5, 0.6) is 5.75 Å². The van der Waals surface area contributed by atoms with Crippen LogP contribution >= 0.6 is 0 Å². The maximum Gasteiger partial charge on any atom is 0.269 e. The summed E-state index contributed by atoms with van der Waals surface area (Å²) in [7, 11) is 5.37. The zero-order chi connectivity index (χ0) is 30.6. The highest BCUT2D eigenvalue weighted by Crippen LogP contribution is 2.37. The van der Waals surface area contributed by atoms with Gasteiger partial charge in [0, 0.05) is 64.4 Å². The number of nitrogens with zero attached hydrogens (tertiary/aromatic N) is 4. The van der Waals surface area contributed by atoms with Crippen molar-refractivity contribution in [3.8, 4) is 17.1 Å². The average Bonchev–Trinajstić information content (AvgIpc) is 3.67. The van der Waals surface area contributed by atoms with Crippen LogP contribution in [0.1, 0.15) is 76.6 Å². The van der Waals surface area contributed by atoms with Gasteiger partial charge < -0.3 is 28.8 Å². The number of hydrogen-bond acceptors (Lipinski definition) is 9. The lowest BCUT2D eigenvalue weighted by Gasteiger charge is -2.35. The third-order valence-electron chi connectivity index (χ3n) is 8.68. The molecule has 230 valence electrons. The van der Waals surface area contributed by atoms with Gasteiger partial charge in [0.05, 0.1) is 24.4 Å². The molecule has 1 amide bonds. The van der Waals surface area contributed by atoms with Gasteiger partial charge in [0.15, 0.2) is 5.76 Å². The Labute approximate surface area is 251 Å². The Morgan fingerprint density at radius 3 is 2.67 bits per heavy atom. The van der Waals surface area contributed by atoms with Crippen molar-refractivity contribution in [1.82, 2.24) is 19.8 Å². The minimum absolute atomic E-state index is 0.110. The zero-order valence-electron chi connectivity index (χ0n) is 25.5. The summed E-state index contributed by atoms with van der Waals surface area (Å²) in [6.45, 7) is 3.69. The molecule has 4 heterocycles. The molecule has 5 rings (SSSR count). The third-order valence-corrected chi connectivity index (χ3v) is 8.68. The van der Waals surface area contributed by atoms with E-state index in [1.807, 2.05) is 19.1 Å². The minimum atomic E-state index is -0.493. The summed E-state index contributed by atoms with van der Waals surface area (Å²) in [4.78, 5) is 50.0. The number of ether oxygens (including phenoxy) is 1. The van der Waals surface area contributed by atoms with Crippen molar-refractivity contribution in [2.45, 2.75) is 76.4 Å². The average molecular weight is 592 g/mol. The molecule has 0 aliphatic carbocycles. The molecular weight excluding hydrogens is 550 g/mol. The normalized spacial score (nSPS) is 17.1. The maximum atomic E-state index is 13.4. The van der Waals surface area contributed by atoms with Crippen molar-refractivity contribution in [3.05, 3.63) is 46.7 Å². The second-order valence-electron chi connectivity index (χ2n) is 11.7. The van der Waals surface area contributed by atoms with Gasteiger partial charge in [-0.25, -0.2) is 4.98 Å². The number of oxazole rings is 1. The fraction of sp³-hybridized carbons (Fsp3) is 0.531. The quantitative estimate of drug-likeness (QED) is 0.304. The fourth-order valence-electron chi connectivity index (χ4n) is 5.80. The van der Waals surface area contributed by atoms with E-state index in [1.165, 1.54) is 6.07 Å². The van der Waals surface area contributed by atoms with Crippen molar-refractivity contribution in [3.63, 3.8) is 0 Å². The number of likely N-dealkylation sites (tertiary alicyclic amines) is 1. The number of carbonyl (C=O) groups is 2. The number of Topliss-reactive ketones (excluding diaryl/α,β-unsaturated/α-hetero) is 1. The molecule has 1 spiro atoms. The lowest BCUT2D eigenvalue weighted by atomic mass is 9.87. The molecule has 1 aromatic carbocycles. The summed E-state index contributed by atoms with van der Waals surface area (Å²) in [6.07, 6.45) is 7.91. The summed E-state index contributed by atoms with van der Waals surface area (Å²) in [5, 5.41) is 8.15. The second kappa shape index (κ2) is 13.1. The molecule has 0 bridgehead atoms. The molecule has 0 unspecified atom stereocenters. The number of aryl methyl sites for hydroxylation is 1. The summed E-state index contributed by atoms with van der Waals surface area (Å²) < 4.78 is 13.5. The van der Waals surface area contributed by atoms with Gasteiger partial charge in [-0.05, 0) is 37.4 Å². The second-order valence-corrected chi connectivity index (χ2v) is 11.7. The topological polar surface area (TPSA) is 128 Å². The molecular formula is C32H41N5O6. The van der Waals surface area contributed by atoms with Gasteiger partial charge in [-0.15, -0.1) is 0 Å². The number of methoxy groups -OCH3 is 1. The molecule has 0 saturated carbocycles. The standard InChI is InChI=1S/C32H41N5O6/c1-5-22(38)9-7-6-8-10-24(34-30(40)25-19-32(43-35-25)13-15-36(2)16-14-32)31-33-20-28(42-31)23-17-21-11-12-29(39)37(3)26(21)18-27(23)41-4/h11-12,17-18,20,24H,5-10,13-16,19H2,1-4H3,(H,34,40)/t24-/m0/s1. The largest absolute Gasteiger partial charge is 0.496 e. The van der Waals surface area contributed by atoms with Crippen molar-refractivity contribution in [2.24, 2.45) is 12.2 Å². The highest BCUT2D eigenvalue weighted by molar-refractivity contribution is 6.39. The lowest BCUT2D eigenvalue weighted by Crippen LogP contribution is -2.44. The summed E-state index contributed by atoms with van der Waals surface area (Å²) in [5.41, 5.74) is 1.29. The molecule has 2 aromatic heterocycles. The van der Waals surface area contributed by atoms with Gasteiger partial charge >= 0.3 is 0 Å². The smallest absolute Gasteiger partial charge is 0.269 e. The molecule has 11 heteroatoms. The Morgan fingerprint density at radius 2 is 1.93 bits per heavy atom. The van der Waals surface area contributed by atoms with Crippen molar-refractivity contribution >= 4 is 28.3 Å². The van der Waals surface area contributed by atoms with Gasteiger partial charge in [0.25, 0.3) is 11.5 Å². The predicted molar refractivity (Wildman–Crippen MR) is 163 cm³/mol. The van der Waals surface area contributed by atoms with Crippen LogP contribution in [0.2, 0.25) is 0 Å². The van der Waals surface area contributed by atoms with E-state index in [9.17, 15) is 14.4 Å². The van der Waals surface area contributed by atoms with Gasteiger partial charge in [-0.1, -0.05) is 24.9 Å². The number of ketones is 1. The molecule has 1 saturated heterocycles. The summed E-state index contributed by atoms with van der Waals surface area (Å²) >= 11 is 0. The van der Waals surface area contributed by atoms with E-state index in [0.29, 0.717) is 54.4 Å². The number of piperidine rings is 1. The van der Waals surface area contributed by atoms with E-state index < -0.39 is 11.6 Å². The monoisotopic (exact) mass is 591 g/mol. The Balaban J connectivity index is 1.35. The van der Waals surface area contributed by atoms with E-state index in [1.54, 1.807) is 31.0 Å². The molecule has 1 fully saturated rings. The van der Waals surface area contributed by atoms with E-state index in [0.717, 1.165) is 56.1 Å². The first-order valence-corrected chi connectivity index (χ1v) is 15.1. The zero-order valence-corrected chi connectivity index (χ0v) is 25.5. The van der Waals surface area contributed by atoms with Crippen LogP contribution in [0.4, 0.5) is 0 Å². The van der Waals surface area contributed by atoms with Crippen LogP contribution in [0.25, 0.3) is 22.2 Å². The van der Waals surface area contributed by atoms with Crippen LogP contribution in [0, 0.1) is 0 Å².